The van der Waals surface area contributed by atoms with Crippen molar-refractivity contribution in [3.63, 3.8) is 0 Å². The summed E-state index contributed by atoms with van der Waals surface area (Å²) in [6.07, 6.45) is 1.54. The summed E-state index contributed by atoms with van der Waals surface area (Å²) >= 11 is 0. The first-order valence-corrected chi connectivity index (χ1v) is 6.32. The monoisotopic (exact) mass is 244 g/mol. The van der Waals surface area contributed by atoms with Crippen LogP contribution in [0.4, 0.5) is 0 Å². The molecule has 0 aromatic heterocycles. The molecule has 4 nitrogen and oxygen atoms in total. The number of likely N-dealkylation sites (N-methyl/N-ethyl adjacent to an activating group) is 1. The van der Waals surface area contributed by atoms with Gasteiger partial charge in [-0.05, 0) is 33.4 Å². The summed E-state index contributed by atoms with van der Waals surface area (Å²) in [4.78, 5) is 13.3. The Morgan fingerprint density at radius 1 is 1.29 bits per heavy atom. The number of hydrogen-bond acceptors (Lipinski definition) is 4. The van der Waals surface area contributed by atoms with Gasteiger partial charge in [-0.3, -0.25) is 4.79 Å². The van der Waals surface area contributed by atoms with Crippen molar-refractivity contribution in [1.82, 2.24) is 10.2 Å². The van der Waals surface area contributed by atoms with Crippen LogP contribution in [-0.2, 0) is 9.53 Å². The fourth-order valence-electron chi connectivity index (χ4n) is 2.00. The standard InChI is InChI=1S/C13H28N2O2/c1-10(2)7-12(9-15(4)5)14-11(3)8-13(16)17-6/h10-12,14H,7-9H2,1-6H3. The largest absolute Gasteiger partial charge is 0.469 e. The highest BCUT2D eigenvalue weighted by atomic mass is 16.5. The van der Waals surface area contributed by atoms with Crippen molar-refractivity contribution < 1.29 is 9.53 Å². The topological polar surface area (TPSA) is 41.6 Å². The Kier molecular flexibility index (Phi) is 8.17. The lowest BCUT2D eigenvalue weighted by atomic mass is 10.0. The zero-order valence-corrected chi connectivity index (χ0v) is 12.1. The number of carbonyl (C=O) groups excluding carboxylic acids is 1. The van der Waals surface area contributed by atoms with Crippen LogP contribution in [0.1, 0.15) is 33.6 Å². The highest BCUT2D eigenvalue weighted by Crippen LogP contribution is 2.07. The first-order valence-electron chi connectivity index (χ1n) is 6.32. The minimum atomic E-state index is -0.154. The quantitative estimate of drug-likeness (QED) is 0.657. The second-order valence-electron chi connectivity index (χ2n) is 5.44. The van der Waals surface area contributed by atoms with Crippen LogP contribution >= 0.6 is 0 Å². The molecule has 2 atom stereocenters. The van der Waals surface area contributed by atoms with E-state index in [0.29, 0.717) is 18.4 Å². The van der Waals surface area contributed by atoms with Gasteiger partial charge in [0.25, 0.3) is 0 Å². The molecule has 0 aliphatic heterocycles. The number of nitrogens with one attached hydrogen (secondary N) is 1. The van der Waals surface area contributed by atoms with Crippen molar-refractivity contribution in [1.29, 1.82) is 0 Å². The highest BCUT2D eigenvalue weighted by Gasteiger charge is 2.16. The number of carbonyl (C=O) groups is 1. The molecule has 0 radical (unpaired) electrons. The van der Waals surface area contributed by atoms with E-state index in [0.717, 1.165) is 13.0 Å². The van der Waals surface area contributed by atoms with Gasteiger partial charge in [0, 0.05) is 18.6 Å². The van der Waals surface area contributed by atoms with Gasteiger partial charge >= 0.3 is 5.97 Å². The third-order valence-corrected chi connectivity index (χ3v) is 2.56. The van der Waals surface area contributed by atoms with Gasteiger partial charge < -0.3 is 15.0 Å². The summed E-state index contributed by atoms with van der Waals surface area (Å²) < 4.78 is 4.68. The maximum atomic E-state index is 11.2. The van der Waals surface area contributed by atoms with E-state index in [1.54, 1.807) is 0 Å². The summed E-state index contributed by atoms with van der Waals surface area (Å²) in [6, 6.07) is 0.579. The number of hydrogen-bond donors (Lipinski definition) is 1. The fraction of sp³-hybridized carbons (Fsp3) is 0.923. The van der Waals surface area contributed by atoms with Crippen molar-refractivity contribution in [3.05, 3.63) is 0 Å². The zero-order chi connectivity index (χ0) is 13.4. The number of nitrogens with zero attached hydrogens (tertiary/aromatic N) is 1. The molecule has 0 spiro atoms. The lowest BCUT2D eigenvalue weighted by molar-refractivity contribution is -0.141. The van der Waals surface area contributed by atoms with Crippen molar-refractivity contribution in [2.24, 2.45) is 5.92 Å². The molecule has 0 rings (SSSR count). The van der Waals surface area contributed by atoms with Gasteiger partial charge in [-0.15, -0.1) is 0 Å². The summed E-state index contributed by atoms with van der Waals surface area (Å²) in [5.41, 5.74) is 0. The first-order chi connectivity index (χ1) is 7.85. The van der Waals surface area contributed by atoms with Gasteiger partial charge in [-0.2, -0.15) is 0 Å². The van der Waals surface area contributed by atoms with Crippen LogP contribution in [0, 0.1) is 5.92 Å². The van der Waals surface area contributed by atoms with E-state index in [9.17, 15) is 4.79 Å². The average Bonchev–Trinajstić information content (AvgIpc) is 2.14. The predicted molar refractivity (Wildman–Crippen MR) is 71.0 cm³/mol. The molecule has 4 heteroatoms. The molecule has 102 valence electrons. The molecular formula is C13H28N2O2. The van der Waals surface area contributed by atoms with Crippen LogP contribution in [0.3, 0.4) is 0 Å². The van der Waals surface area contributed by atoms with Crippen molar-refractivity contribution in [2.45, 2.75) is 45.7 Å². The number of ether oxygens (including phenoxy) is 1. The number of rotatable bonds is 8. The first kappa shape index (κ1) is 16.4. The van der Waals surface area contributed by atoms with Gasteiger partial charge in [-0.25, -0.2) is 0 Å². The van der Waals surface area contributed by atoms with Gasteiger partial charge in [0.05, 0.1) is 13.5 Å². The zero-order valence-electron chi connectivity index (χ0n) is 12.1. The summed E-state index contributed by atoms with van der Waals surface area (Å²) in [7, 11) is 5.57. The molecule has 0 heterocycles. The average molecular weight is 244 g/mol. The molecule has 0 aromatic rings. The molecule has 0 aliphatic carbocycles. The molecular weight excluding hydrogens is 216 g/mol. The van der Waals surface area contributed by atoms with Gasteiger partial charge in [0.2, 0.25) is 0 Å². The lowest BCUT2D eigenvalue weighted by Crippen LogP contribution is -2.44. The fourth-order valence-corrected chi connectivity index (χ4v) is 2.00. The Morgan fingerprint density at radius 3 is 2.29 bits per heavy atom. The van der Waals surface area contributed by atoms with Crippen LogP contribution in [-0.4, -0.2) is 50.7 Å². The molecule has 1 N–H and O–H groups in total. The molecule has 0 saturated carbocycles. The molecule has 0 bridgehead atoms. The van der Waals surface area contributed by atoms with Gasteiger partial charge in [-0.1, -0.05) is 13.8 Å². The van der Waals surface area contributed by atoms with Crippen molar-refractivity contribution >= 4 is 5.97 Å². The van der Waals surface area contributed by atoms with E-state index in [2.05, 4.69) is 42.9 Å². The third-order valence-electron chi connectivity index (χ3n) is 2.56. The van der Waals surface area contributed by atoms with Gasteiger partial charge in [0.15, 0.2) is 0 Å². The maximum absolute atomic E-state index is 11.2. The minimum absolute atomic E-state index is 0.154. The van der Waals surface area contributed by atoms with Crippen LogP contribution in [0.25, 0.3) is 0 Å². The molecule has 0 saturated heterocycles. The van der Waals surface area contributed by atoms with E-state index in [1.807, 2.05) is 6.92 Å². The Hall–Kier alpha value is -0.610. The molecule has 0 fully saturated rings. The maximum Gasteiger partial charge on any atom is 0.307 e. The number of esters is 1. The van der Waals surface area contributed by atoms with Crippen LogP contribution in [0.5, 0.6) is 0 Å². The van der Waals surface area contributed by atoms with E-state index in [4.69, 9.17) is 0 Å². The van der Waals surface area contributed by atoms with Crippen LogP contribution < -0.4 is 5.32 Å². The molecule has 0 aliphatic rings. The summed E-state index contributed by atoms with van der Waals surface area (Å²) in [5.74, 6) is 0.496. The van der Waals surface area contributed by atoms with Crippen molar-refractivity contribution in [3.8, 4) is 0 Å². The van der Waals surface area contributed by atoms with Crippen molar-refractivity contribution in [2.75, 3.05) is 27.7 Å². The van der Waals surface area contributed by atoms with Crippen LogP contribution in [0.15, 0.2) is 0 Å². The predicted octanol–water partition coefficient (Wildman–Crippen LogP) is 1.50. The number of methoxy groups -OCH3 is 1. The molecule has 0 amide bonds. The van der Waals surface area contributed by atoms with E-state index >= 15 is 0 Å². The Labute approximate surface area is 106 Å². The lowest BCUT2D eigenvalue weighted by Gasteiger charge is -2.27. The Balaban J connectivity index is 4.16. The molecule has 17 heavy (non-hydrogen) atoms. The van der Waals surface area contributed by atoms with Crippen LogP contribution in [0.2, 0.25) is 0 Å². The SMILES string of the molecule is COC(=O)CC(C)NC(CC(C)C)CN(C)C. The highest BCUT2D eigenvalue weighted by molar-refractivity contribution is 5.69. The molecule has 2 unspecified atom stereocenters. The summed E-state index contributed by atoms with van der Waals surface area (Å²) in [5, 5.41) is 3.50. The third kappa shape index (κ3) is 9.12. The van der Waals surface area contributed by atoms with E-state index < -0.39 is 0 Å². The van der Waals surface area contributed by atoms with E-state index in [1.165, 1.54) is 7.11 Å². The Bertz CT molecular complexity index is 207. The summed E-state index contributed by atoms with van der Waals surface area (Å²) in [6.45, 7) is 7.45. The minimum Gasteiger partial charge on any atom is -0.469 e. The van der Waals surface area contributed by atoms with Gasteiger partial charge in [0.1, 0.15) is 0 Å². The second kappa shape index (κ2) is 8.48. The molecule has 0 aromatic carbocycles. The Morgan fingerprint density at radius 2 is 1.88 bits per heavy atom. The van der Waals surface area contributed by atoms with E-state index in [-0.39, 0.29) is 12.0 Å². The smallest absolute Gasteiger partial charge is 0.307 e. The normalized spacial score (nSPS) is 15.1. The second-order valence-corrected chi connectivity index (χ2v) is 5.44.